The fraction of sp³-hybridized carbons (Fsp3) is 0.188. The van der Waals surface area contributed by atoms with Crippen LogP contribution in [0.5, 0.6) is 0 Å². The van der Waals surface area contributed by atoms with E-state index < -0.39 is 0 Å². The predicted octanol–water partition coefficient (Wildman–Crippen LogP) is 3.46. The highest BCUT2D eigenvalue weighted by Crippen LogP contribution is 2.24. The zero-order valence-electron chi connectivity index (χ0n) is 11.2. The van der Waals surface area contributed by atoms with Gasteiger partial charge in [-0.05, 0) is 18.2 Å². The SMILES string of the molecule is COC(CNC(=O)c1ccccc1)c1ccccc1Cl. The average molecular weight is 290 g/mol. The summed E-state index contributed by atoms with van der Waals surface area (Å²) in [7, 11) is 1.60. The maximum atomic E-state index is 12.0. The zero-order chi connectivity index (χ0) is 14.4. The first-order valence-electron chi connectivity index (χ1n) is 6.33. The number of hydrogen-bond acceptors (Lipinski definition) is 2. The number of amides is 1. The Morgan fingerprint density at radius 2 is 1.80 bits per heavy atom. The molecular formula is C16H16ClNO2. The number of benzene rings is 2. The van der Waals surface area contributed by atoms with Crippen LogP contribution in [0.4, 0.5) is 0 Å². The van der Waals surface area contributed by atoms with Crippen LogP contribution in [0.3, 0.4) is 0 Å². The molecule has 2 rings (SSSR count). The van der Waals surface area contributed by atoms with E-state index in [1.54, 1.807) is 19.2 Å². The lowest BCUT2D eigenvalue weighted by molar-refractivity contribution is 0.0828. The Labute approximate surface area is 123 Å². The van der Waals surface area contributed by atoms with Crippen LogP contribution >= 0.6 is 11.6 Å². The van der Waals surface area contributed by atoms with Crippen LogP contribution in [-0.2, 0) is 4.74 Å². The van der Waals surface area contributed by atoms with Gasteiger partial charge in [0.05, 0.1) is 0 Å². The van der Waals surface area contributed by atoms with Crippen molar-refractivity contribution < 1.29 is 9.53 Å². The van der Waals surface area contributed by atoms with Crippen molar-refractivity contribution in [2.24, 2.45) is 0 Å². The normalized spacial score (nSPS) is 11.9. The minimum Gasteiger partial charge on any atom is -0.375 e. The molecule has 0 aliphatic carbocycles. The van der Waals surface area contributed by atoms with Gasteiger partial charge in [-0.25, -0.2) is 0 Å². The van der Waals surface area contributed by atoms with E-state index in [9.17, 15) is 4.79 Å². The third-order valence-electron chi connectivity index (χ3n) is 3.02. The largest absolute Gasteiger partial charge is 0.375 e. The molecule has 3 nitrogen and oxygen atoms in total. The summed E-state index contributed by atoms with van der Waals surface area (Å²) in [6.07, 6.45) is -0.267. The second-order valence-corrected chi connectivity index (χ2v) is 4.73. The number of carbonyl (C=O) groups excluding carboxylic acids is 1. The molecule has 4 heteroatoms. The molecule has 0 radical (unpaired) electrons. The van der Waals surface area contributed by atoms with Gasteiger partial charge in [-0.2, -0.15) is 0 Å². The van der Waals surface area contributed by atoms with Crippen molar-refractivity contribution in [2.45, 2.75) is 6.10 Å². The minimum atomic E-state index is -0.267. The quantitative estimate of drug-likeness (QED) is 0.915. The molecule has 1 unspecified atom stereocenters. The first kappa shape index (κ1) is 14.6. The molecule has 1 amide bonds. The van der Waals surface area contributed by atoms with Crippen LogP contribution in [0.15, 0.2) is 54.6 Å². The summed E-state index contributed by atoms with van der Waals surface area (Å²) in [6, 6.07) is 16.5. The molecule has 2 aromatic rings. The zero-order valence-corrected chi connectivity index (χ0v) is 11.9. The smallest absolute Gasteiger partial charge is 0.251 e. The van der Waals surface area contributed by atoms with Crippen LogP contribution in [0.25, 0.3) is 0 Å². The summed E-state index contributed by atoms with van der Waals surface area (Å²) in [4.78, 5) is 12.0. The molecular weight excluding hydrogens is 274 g/mol. The van der Waals surface area contributed by atoms with Gasteiger partial charge in [0.25, 0.3) is 5.91 Å². The first-order chi connectivity index (χ1) is 9.72. The molecule has 104 valence electrons. The van der Waals surface area contributed by atoms with E-state index in [0.29, 0.717) is 17.1 Å². The molecule has 0 aliphatic heterocycles. The lowest BCUT2D eigenvalue weighted by Crippen LogP contribution is -2.29. The lowest BCUT2D eigenvalue weighted by Gasteiger charge is -2.17. The van der Waals surface area contributed by atoms with Crippen molar-refractivity contribution >= 4 is 17.5 Å². The van der Waals surface area contributed by atoms with Crippen LogP contribution in [0.2, 0.25) is 5.02 Å². The molecule has 0 aliphatic rings. The number of carbonyl (C=O) groups is 1. The Balaban J connectivity index is 2.02. The highest BCUT2D eigenvalue weighted by Gasteiger charge is 2.15. The Kier molecular flexibility index (Phi) is 5.16. The highest BCUT2D eigenvalue weighted by atomic mass is 35.5. The number of ether oxygens (including phenoxy) is 1. The Morgan fingerprint density at radius 3 is 2.45 bits per heavy atom. The third kappa shape index (κ3) is 3.59. The van der Waals surface area contributed by atoms with Crippen LogP contribution in [0, 0.1) is 0 Å². The first-order valence-corrected chi connectivity index (χ1v) is 6.70. The van der Waals surface area contributed by atoms with Crippen molar-refractivity contribution in [3.63, 3.8) is 0 Å². The fourth-order valence-corrected chi connectivity index (χ4v) is 2.19. The fourth-order valence-electron chi connectivity index (χ4n) is 1.93. The maximum absolute atomic E-state index is 12.0. The summed E-state index contributed by atoms with van der Waals surface area (Å²) in [5.74, 6) is -0.125. The molecule has 0 fully saturated rings. The van der Waals surface area contributed by atoms with Gasteiger partial charge < -0.3 is 10.1 Å². The van der Waals surface area contributed by atoms with Crippen molar-refractivity contribution in [1.29, 1.82) is 0 Å². The molecule has 0 saturated heterocycles. The van der Waals surface area contributed by atoms with E-state index in [4.69, 9.17) is 16.3 Å². The van der Waals surface area contributed by atoms with Crippen LogP contribution in [-0.4, -0.2) is 19.6 Å². The predicted molar refractivity (Wildman–Crippen MR) is 80.0 cm³/mol. The molecule has 2 aromatic carbocycles. The summed E-state index contributed by atoms with van der Waals surface area (Å²) in [5.41, 5.74) is 1.49. The number of nitrogens with one attached hydrogen (secondary N) is 1. The highest BCUT2D eigenvalue weighted by molar-refractivity contribution is 6.31. The van der Waals surface area contributed by atoms with Gasteiger partial charge in [0.1, 0.15) is 6.10 Å². The molecule has 0 bridgehead atoms. The van der Waals surface area contributed by atoms with E-state index in [1.165, 1.54) is 0 Å². The number of hydrogen-bond donors (Lipinski definition) is 1. The minimum absolute atomic E-state index is 0.125. The van der Waals surface area contributed by atoms with E-state index in [-0.39, 0.29) is 12.0 Å². The number of halogens is 1. The third-order valence-corrected chi connectivity index (χ3v) is 3.36. The summed E-state index contributed by atoms with van der Waals surface area (Å²) in [5, 5.41) is 3.49. The van der Waals surface area contributed by atoms with Gasteiger partial charge in [-0.15, -0.1) is 0 Å². The second kappa shape index (κ2) is 7.08. The van der Waals surface area contributed by atoms with Gasteiger partial charge in [-0.1, -0.05) is 48.0 Å². The van der Waals surface area contributed by atoms with Gasteiger partial charge in [0.15, 0.2) is 0 Å². The molecule has 1 N–H and O–H groups in total. The maximum Gasteiger partial charge on any atom is 0.251 e. The van der Waals surface area contributed by atoms with E-state index in [1.807, 2.05) is 42.5 Å². The Morgan fingerprint density at radius 1 is 1.15 bits per heavy atom. The molecule has 0 saturated carbocycles. The molecule has 1 atom stereocenters. The Bertz CT molecular complexity index is 572. The van der Waals surface area contributed by atoms with Crippen LogP contribution < -0.4 is 5.32 Å². The molecule has 0 aromatic heterocycles. The lowest BCUT2D eigenvalue weighted by atomic mass is 10.1. The number of rotatable bonds is 5. The standard InChI is InChI=1S/C16H16ClNO2/c1-20-15(13-9-5-6-10-14(13)17)11-18-16(19)12-7-3-2-4-8-12/h2-10,15H,11H2,1H3,(H,18,19). The van der Waals surface area contributed by atoms with Gasteiger partial charge in [0.2, 0.25) is 0 Å². The summed E-state index contributed by atoms with van der Waals surface area (Å²) >= 11 is 6.14. The average Bonchev–Trinajstić information content (AvgIpc) is 2.50. The van der Waals surface area contributed by atoms with Crippen molar-refractivity contribution in [1.82, 2.24) is 5.32 Å². The molecule has 0 spiro atoms. The number of methoxy groups -OCH3 is 1. The summed E-state index contributed by atoms with van der Waals surface area (Å²) in [6.45, 7) is 0.369. The van der Waals surface area contributed by atoms with Gasteiger partial charge in [-0.3, -0.25) is 4.79 Å². The van der Waals surface area contributed by atoms with Crippen LogP contribution in [0.1, 0.15) is 22.0 Å². The second-order valence-electron chi connectivity index (χ2n) is 4.32. The van der Waals surface area contributed by atoms with Gasteiger partial charge >= 0.3 is 0 Å². The summed E-state index contributed by atoms with van der Waals surface area (Å²) < 4.78 is 5.40. The van der Waals surface area contributed by atoms with Crippen molar-refractivity contribution in [2.75, 3.05) is 13.7 Å². The van der Waals surface area contributed by atoms with E-state index >= 15 is 0 Å². The molecule has 20 heavy (non-hydrogen) atoms. The monoisotopic (exact) mass is 289 g/mol. The van der Waals surface area contributed by atoms with E-state index in [2.05, 4.69) is 5.32 Å². The Hall–Kier alpha value is -1.84. The molecule has 0 heterocycles. The topological polar surface area (TPSA) is 38.3 Å². The van der Waals surface area contributed by atoms with Crippen molar-refractivity contribution in [3.8, 4) is 0 Å². The van der Waals surface area contributed by atoms with E-state index in [0.717, 1.165) is 5.56 Å². The van der Waals surface area contributed by atoms with Crippen molar-refractivity contribution in [3.05, 3.63) is 70.7 Å². The van der Waals surface area contributed by atoms with Gasteiger partial charge in [0, 0.05) is 29.8 Å².